The fourth-order valence-electron chi connectivity index (χ4n) is 2.30. The van der Waals surface area contributed by atoms with Crippen LogP contribution in [0.15, 0.2) is 36.4 Å². The zero-order chi connectivity index (χ0) is 21.7. The van der Waals surface area contributed by atoms with Gasteiger partial charge in [0.1, 0.15) is 10.8 Å². The van der Waals surface area contributed by atoms with Crippen LogP contribution in [-0.2, 0) is 11.2 Å². The first-order valence-corrected chi connectivity index (χ1v) is 9.09. The van der Waals surface area contributed by atoms with Crippen LogP contribution in [0.25, 0.3) is 0 Å². The Balaban J connectivity index is 1.78. The highest BCUT2D eigenvalue weighted by atomic mass is 32.1. The highest BCUT2D eigenvalue weighted by molar-refractivity contribution is 7.15. The molecule has 156 valence electrons. The number of aliphatic carboxylic acids is 1. The van der Waals surface area contributed by atoms with Crippen LogP contribution >= 0.6 is 11.3 Å². The molecule has 0 bridgehead atoms. The van der Waals surface area contributed by atoms with Gasteiger partial charge in [-0.25, -0.2) is 13.6 Å². The zero-order valence-electron chi connectivity index (χ0n) is 15.3. The molecule has 0 aliphatic carbocycles. The summed E-state index contributed by atoms with van der Waals surface area (Å²) in [6.07, 6.45) is -0.340. The Morgan fingerprint density at radius 2 is 1.93 bits per heavy atom. The van der Waals surface area contributed by atoms with Gasteiger partial charge in [-0.15, -0.1) is 10.2 Å². The van der Waals surface area contributed by atoms with E-state index in [4.69, 9.17) is 14.6 Å². The number of carbonyl (C=O) groups is 2. The molecule has 12 heteroatoms. The molecule has 0 saturated carbocycles. The summed E-state index contributed by atoms with van der Waals surface area (Å²) in [5.41, 5.74) is -0.0897. The van der Waals surface area contributed by atoms with E-state index in [9.17, 15) is 18.4 Å². The molecule has 0 saturated heterocycles. The van der Waals surface area contributed by atoms with E-state index in [1.165, 1.54) is 25.3 Å². The number of anilines is 2. The monoisotopic (exact) mass is 436 g/mol. The number of ether oxygens (including phenoxy) is 2. The van der Waals surface area contributed by atoms with E-state index in [-0.39, 0.29) is 39.5 Å². The SMILES string of the molecule is COc1cccc(F)c1Oc1ccc(F)cc1NC(=O)Nc1nnc(CC(=O)O)s1. The maximum Gasteiger partial charge on any atom is 0.325 e. The Hall–Kier alpha value is -3.80. The molecule has 3 rings (SSSR count). The van der Waals surface area contributed by atoms with Crippen molar-refractivity contribution >= 4 is 34.2 Å². The van der Waals surface area contributed by atoms with Crippen LogP contribution < -0.4 is 20.1 Å². The van der Waals surface area contributed by atoms with Crippen LogP contribution in [-0.4, -0.2) is 34.4 Å². The number of nitrogens with one attached hydrogen (secondary N) is 2. The summed E-state index contributed by atoms with van der Waals surface area (Å²) < 4.78 is 38.4. The van der Waals surface area contributed by atoms with Gasteiger partial charge in [-0.2, -0.15) is 0 Å². The number of rotatable bonds is 7. The summed E-state index contributed by atoms with van der Waals surface area (Å²) in [5, 5.41) is 21.0. The van der Waals surface area contributed by atoms with Crippen molar-refractivity contribution in [2.45, 2.75) is 6.42 Å². The number of methoxy groups -OCH3 is 1. The lowest BCUT2D eigenvalue weighted by Gasteiger charge is -2.15. The van der Waals surface area contributed by atoms with Gasteiger partial charge in [0.05, 0.1) is 19.2 Å². The maximum absolute atomic E-state index is 14.1. The van der Waals surface area contributed by atoms with Gasteiger partial charge in [0.2, 0.25) is 10.9 Å². The standard InChI is InChI=1S/C18H14F2N4O5S/c1-28-13-4-2-3-10(20)16(13)29-12-6-5-9(19)7-11(12)21-17(27)22-18-24-23-14(30-18)8-15(25)26/h2-7H,8H2,1H3,(H,25,26)(H2,21,22,24,27). The molecular formula is C18H14F2N4O5S. The number of amides is 2. The molecule has 0 fully saturated rings. The van der Waals surface area contributed by atoms with E-state index in [0.29, 0.717) is 0 Å². The molecule has 0 radical (unpaired) electrons. The molecule has 2 amide bonds. The van der Waals surface area contributed by atoms with Crippen molar-refractivity contribution in [3.05, 3.63) is 53.0 Å². The van der Waals surface area contributed by atoms with Crippen molar-refractivity contribution in [3.63, 3.8) is 0 Å². The normalized spacial score (nSPS) is 10.4. The average Bonchev–Trinajstić information content (AvgIpc) is 3.10. The summed E-state index contributed by atoms with van der Waals surface area (Å²) >= 11 is 0.871. The molecule has 3 aromatic rings. The van der Waals surface area contributed by atoms with Gasteiger partial charge >= 0.3 is 12.0 Å². The molecule has 3 N–H and O–H groups in total. The molecule has 0 aliphatic rings. The van der Waals surface area contributed by atoms with E-state index in [1.54, 1.807) is 0 Å². The van der Waals surface area contributed by atoms with Crippen molar-refractivity contribution < 1.29 is 33.0 Å². The Morgan fingerprint density at radius 3 is 2.67 bits per heavy atom. The number of benzene rings is 2. The summed E-state index contributed by atoms with van der Waals surface area (Å²) in [6.45, 7) is 0. The van der Waals surface area contributed by atoms with Crippen LogP contribution in [0.5, 0.6) is 17.2 Å². The predicted molar refractivity (Wildman–Crippen MR) is 103 cm³/mol. The van der Waals surface area contributed by atoms with Crippen molar-refractivity contribution in [2.75, 3.05) is 17.7 Å². The molecule has 30 heavy (non-hydrogen) atoms. The average molecular weight is 436 g/mol. The maximum atomic E-state index is 14.1. The zero-order valence-corrected chi connectivity index (χ0v) is 16.1. The number of nitrogens with zero attached hydrogens (tertiary/aromatic N) is 2. The first-order valence-electron chi connectivity index (χ1n) is 8.28. The predicted octanol–water partition coefficient (Wildman–Crippen LogP) is 3.89. The van der Waals surface area contributed by atoms with Gasteiger partial charge in [0.15, 0.2) is 17.3 Å². The Labute approximate surface area is 172 Å². The third-order valence-corrected chi connectivity index (χ3v) is 4.38. The molecule has 0 aliphatic heterocycles. The first-order chi connectivity index (χ1) is 14.4. The quantitative estimate of drug-likeness (QED) is 0.513. The number of urea groups is 1. The number of hydrogen-bond acceptors (Lipinski definition) is 7. The van der Waals surface area contributed by atoms with E-state index in [2.05, 4.69) is 20.8 Å². The lowest BCUT2D eigenvalue weighted by Crippen LogP contribution is -2.19. The van der Waals surface area contributed by atoms with E-state index < -0.39 is 23.6 Å². The number of aromatic nitrogens is 2. The fourth-order valence-corrected chi connectivity index (χ4v) is 3.03. The fraction of sp³-hybridized carbons (Fsp3) is 0.111. The molecule has 0 unspecified atom stereocenters. The minimum absolute atomic E-state index is 0.0402. The van der Waals surface area contributed by atoms with E-state index in [1.807, 2.05) is 0 Å². The third kappa shape index (κ3) is 5.17. The van der Waals surface area contributed by atoms with Crippen LogP contribution in [0, 0.1) is 11.6 Å². The number of halogens is 2. The smallest absolute Gasteiger partial charge is 0.325 e. The minimum Gasteiger partial charge on any atom is -0.493 e. The number of carbonyl (C=O) groups excluding carboxylic acids is 1. The molecule has 1 heterocycles. The Kier molecular flexibility index (Phi) is 6.37. The lowest BCUT2D eigenvalue weighted by molar-refractivity contribution is -0.136. The van der Waals surface area contributed by atoms with E-state index in [0.717, 1.165) is 29.5 Å². The van der Waals surface area contributed by atoms with Crippen molar-refractivity contribution in [1.82, 2.24) is 10.2 Å². The van der Waals surface area contributed by atoms with Gasteiger partial charge < -0.3 is 19.9 Å². The van der Waals surface area contributed by atoms with Crippen LogP contribution in [0.1, 0.15) is 5.01 Å². The molecule has 0 spiro atoms. The Bertz CT molecular complexity index is 1090. The van der Waals surface area contributed by atoms with E-state index >= 15 is 0 Å². The van der Waals surface area contributed by atoms with Crippen molar-refractivity contribution in [3.8, 4) is 17.2 Å². The molecule has 0 atom stereocenters. The highest BCUT2D eigenvalue weighted by Crippen LogP contribution is 2.37. The van der Waals surface area contributed by atoms with Gasteiger partial charge in [-0.05, 0) is 24.3 Å². The van der Waals surface area contributed by atoms with Crippen LogP contribution in [0.4, 0.5) is 24.4 Å². The van der Waals surface area contributed by atoms with Gasteiger partial charge in [-0.1, -0.05) is 17.4 Å². The summed E-state index contributed by atoms with van der Waals surface area (Å²) in [6, 6.07) is 6.53. The second kappa shape index (κ2) is 9.13. The second-order valence-electron chi connectivity index (χ2n) is 5.66. The largest absolute Gasteiger partial charge is 0.493 e. The molecule has 9 nitrogen and oxygen atoms in total. The summed E-state index contributed by atoms with van der Waals surface area (Å²) in [5.74, 6) is -2.65. The van der Waals surface area contributed by atoms with Gasteiger partial charge in [-0.3, -0.25) is 10.1 Å². The van der Waals surface area contributed by atoms with Gasteiger partial charge in [0, 0.05) is 6.07 Å². The van der Waals surface area contributed by atoms with Gasteiger partial charge in [0.25, 0.3) is 0 Å². The molecular weight excluding hydrogens is 422 g/mol. The highest BCUT2D eigenvalue weighted by Gasteiger charge is 2.17. The van der Waals surface area contributed by atoms with Crippen LogP contribution in [0.3, 0.4) is 0 Å². The summed E-state index contributed by atoms with van der Waals surface area (Å²) in [4.78, 5) is 22.9. The lowest BCUT2D eigenvalue weighted by atomic mass is 10.2. The Morgan fingerprint density at radius 1 is 1.13 bits per heavy atom. The van der Waals surface area contributed by atoms with Crippen molar-refractivity contribution in [1.29, 1.82) is 0 Å². The molecule has 1 aromatic heterocycles. The topological polar surface area (TPSA) is 123 Å². The number of hydrogen-bond donors (Lipinski definition) is 3. The van der Waals surface area contributed by atoms with Crippen molar-refractivity contribution in [2.24, 2.45) is 0 Å². The molecule has 2 aromatic carbocycles. The number of para-hydroxylation sites is 1. The third-order valence-electron chi connectivity index (χ3n) is 3.54. The first kappa shape index (κ1) is 20.9. The second-order valence-corrected chi connectivity index (χ2v) is 6.73. The van der Waals surface area contributed by atoms with Crippen LogP contribution in [0.2, 0.25) is 0 Å². The number of carboxylic acid groups (broad SMARTS) is 1. The summed E-state index contributed by atoms with van der Waals surface area (Å²) in [7, 11) is 1.33. The number of carboxylic acids is 1. The minimum atomic E-state index is -1.09.